The summed E-state index contributed by atoms with van der Waals surface area (Å²) < 4.78 is 0. The van der Waals surface area contributed by atoms with Crippen LogP contribution in [-0.4, -0.2) is 50.5 Å². The molecule has 0 aliphatic heterocycles. The molecule has 0 aliphatic carbocycles. The minimum absolute atomic E-state index is 0.144. The van der Waals surface area contributed by atoms with Crippen molar-refractivity contribution in [3.63, 3.8) is 0 Å². The minimum atomic E-state index is -0.532. The summed E-state index contributed by atoms with van der Waals surface area (Å²) in [6.45, 7) is 1.79. The zero-order valence-corrected chi connectivity index (χ0v) is 16.4. The van der Waals surface area contributed by atoms with Crippen molar-refractivity contribution in [2.24, 2.45) is 5.92 Å². The molecule has 1 rings (SSSR count). The van der Waals surface area contributed by atoms with E-state index in [0.717, 1.165) is 11.4 Å². The third-order valence-corrected chi connectivity index (χ3v) is 5.26. The first-order valence-corrected chi connectivity index (χ1v) is 9.64. The second-order valence-electron chi connectivity index (χ2n) is 5.84. The summed E-state index contributed by atoms with van der Waals surface area (Å²) in [5.41, 5.74) is 2.34. The number of nitrogens with zero attached hydrogens (tertiary/aromatic N) is 1. The average molecular weight is 370 g/mol. The van der Waals surface area contributed by atoms with Gasteiger partial charge in [-0.3, -0.25) is 9.59 Å². The second-order valence-corrected chi connectivity index (χ2v) is 7.23. The van der Waals surface area contributed by atoms with E-state index in [1.54, 1.807) is 25.7 Å². The molecule has 0 bridgehead atoms. The fourth-order valence-corrected chi connectivity index (χ4v) is 3.12. The number of nitrogens with one attached hydrogen (secondary N) is 2. The van der Waals surface area contributed by atoms with Crippen LogP contribution in [0.3, 0.4) is 0 Å². The maximum atomic E-state index is 12.0. The Hall–Kier alpha value is -1.34. The maximum Gasteiger partial charge on any atom is 0.243 e. The first kappa shape index (κ1) is 20.7. The highest BCUT2D eigenvalue weighted by Gasteiger charge is 2.22. The third kappa shape index (κ3) is 6.65. The predicted molar refractivity (Wildman–Crippen MR) is 106 cm³/mol. The van der Waals surface area contributed by atoms with E-state index in [-0.39, 0.29) is 17.7 Å². The summed E-state index contributed by atoms with van der Waals surface area (Å²) in [6.07, 6.45) is 0. The molecule has 0 unspecified atom stereocenters. The molecule has 1 aromatic carbocycles. The van der Waals surface area contributed by atoms with Crippen molar-refractivity contribution >= 4 is 41.9 Å². The van der Waals surface area contributed by atoms with Crippen molar-refractivity contribution < 1.29 is 9.59 Å². The number of likely N-dealkylation sites (N-methyl/N-ethyl adjacent to an activating group) is 1. The molecule has 24 heavy (non-hydrogen) atoms. The van der Waals surface area contributed by atoms with E-state index in [2.05, 4.69) is 52.4 Å². The van der Waals surface area contributed by atoms with E-state index in [4.69, 9.17) is 0 Å². The predicted octanol–water partition coefficient (Wildman–Crippen LogP) is 1.78. The van der Waals surface area contributed by atoms with Crippen LogP contribution in [0.1, 0.15) is 12.5 Å². The van der Waals surface area contributed by atoms with Gasteiger partial charge in [-0.25, -0.2) is 0 Å². The fraction of sp³-hybridized carbons (Fsp3) is 0.529. The fourth-order valence-electron chi connectivity index (χ4n) is 1.94. The van der Waals surface area contributed by atoms with Crippen molar-refractivity contribution in [3.8, 4) is 0 Å². The Labute approximate surface area is 154 Å². The Bertz CT molecular complexity index is 535. The Balaban J connectivity index is 2.55. The lowest BCUT2D eigenvalue weighted by Gasteiger charge is -2.19. The summed E-state index contributed by atoms with van der Waals surface area (Å²) in [5, 5.41) is 5.41. The molecule has 0 spiro atoms. The number of thioether (sulfide) groups is 1. The van der Waals surface area contributed by atoms with Crippen molar-refractivity contribution in [3.05, 3.63) is 29.8 Å². The van der Waals surface area contributed by atoms with Gasteiger partial charge >= 0.3 is 0 Å². The van der Waals surface area contributed by atoms with Gasteiger partial charge in [-0.15, -0.1) is 0 Å². The van der Waals surface area contributed by atoms with E-state index in [0.29, 0.717) is 11.5 Å². The molecule has 134 valence electrons. The van der Waals surface area contributed by atoms with Gasteiger partial charge in [0.15, 0.2) is 0 Å². The first-order chi connectivity index (χ1) is 11.4. The molecule has 1 aromatic rings. The van der Waals surface area contributed by atoms with Crippen molar-refractivity contribution in [2.75, 3.05) is 37.5 Å². The molecule has 2 amide bonds. The van der Waals surface area contributed by atoms with E-state index >= 15 is 0 Å². The number of hydrogen-bond donors (Lipinski definition) is 3. The summed E-state index contributed by atoms with van der Waals surface area (Å²) in [4.78, 5) is 26.0. The van der Waals surface area contributed by atoms with Gasteiger partial charge in [-0.1, -0.05) is 19.1 Å². The molecular formula is C17H27N3O2S2. The standard InChI is InChI=1S/C17H27N3O2S2/c1-12(9-23)16(21)19-15(17(22)18-2)11-24-10-13-5-7-14(8-6-13)20(3)4/h5-8,12,15,23H,9-11H2,1-4H3,(H,18,22)(H,19,21)/t12-,15+/m1/s1. The molecule has 0 radical (unpaired) electrons. The molecule has 2 N–H and O–H groups in total. The van der Waals surface area contributed by atoms with Gasteiger partial charge < -0.3 is 15.5 Å². The average Bonchev–Trinajstić information content (AvgIpc) is 2.59. The van der Waals surface area contributed by atoms with Crippen LogP contribution in [0, 0.1) is 5.92 Å². The number of thiol groups is 1. The van der Waals surface area contributed by atoms with Crippen LogP contribution in [0.5, 0.6) is 0 Å². The summed E-state index contributed by atoms with van der Waals surface area (Å²) in [7, 11) is 5.59. The minimum Gasteiger partial charge on any atom is -0.378 e. The molecule has 5 nitrogen and oxygen atoms in total. The second kappa shape index (κ2) is 10.5. The lowest BCUT2D eigenvalue weighted by molar-refractivity contribution is -0.129. The Morgan fingerprint density at radius 1 is 1.21 bits per heavy atom. The van der Waals surface area contributed by atoms with Gasteiger partial charge in [-0.05, 0) is 17.7 Å². The van der Waals surface area contributed by atoms with Crippen molar-refractivity contribution in [2.45, 2.75) is 18.7 Å². The van der Waals surface area contributed by atoms with E-state index in [1.807, 2.05) is 14.1 Å². The van der Waals surface area contributed by atoms with E-state index in [9.17, 15) is 9.59 Å². The monoisotopic (exact) mass is 369 g/mol. The number of carbonyl (C=O) groups excluding carboxylic acids is 2. The van der Waals surface area contributed by atoms with Crippen LogP contribution >= 0.6 is 24.4 Å². The Morgan fingerprint density at radius 2 is 1.83 bits per heavy atom. The van der Waals surface area contributed by atoms with Crippen molar-refractivity contribution in [1.82, 2.24) is 10.6 Å². The van der Waals surface area contributed by atoms with Gasteiger partial charge in [-0.2, -0.15) is 24.4 Å². The summed E-state index contributed by atoms with van der Waals surface area (Å²) in [5.74, 6) is 1.24. The largest absolute Gasteiger partial charge is 0.378 e. The maximum absolute atomic E-state index is 12.0. The Morgan fingerprint density at radius 3 is 2.33 bits per heavy atom. The third-order valence-electron chi connectivity index (χ3n) is 3.61. The highest BCUT2D eigenvalue weighted by molar-refractivity contribution is 7.98. The number of carbonyl (C=O) groups is 2. The van der Waals surface area contributed by atoms with Crippen molar-refractivity contribution in [1.29, 1.82) is 0 Å². The van der Waals surface area contributed by atoms with Crippen LogP contribution in [0.15, 0.2) is 24.3 Å². The van der Waals surface area contributed by atoms with Gasteiger partial charge in [0.1, 0.15) is 6.04 Å². The normalized spacial score (nSPS) is 13.0. The SMILES string of the molecule is CNC(=O)[C@H](CSCc1ccc(N(C)C)cc1)NC(=O)[C@H](C)CS. The molecule has 0 fully saturated rings. The molecule has 0 saturated heterocycles. The van der Waals surface area contributed by atoms with Gasteiger partial charge in [0.25, 0.3) is 0 Å². The molecule has 0 heterocycles. The van der Waals surface area contributed by atoms with E-state index < -0.39 is 6.04 Å². The summed E-state index contributed by atoms with van der Waals surface area (Å²) in [6, 6.07) is 7.78. The number of benzene rings is 1. The number of anilines is 1. The lowest BCUT2D eigenvalue weighted by atomic mass is 10.2. The van der Waals surface area contributed by atoms with Gasteiger partial charge in [0, 0.05) is 50.0 Å². The highest BCUT2D eigenvalue weighted by atomic mass is 32.2. The Kier molecular flexibility index (Phi) is 9.07. The molecule has 0 aliphatic rings. The first-order valence-electron chi connectivity index (χ1n) is 7.85. The van der Waals surface area contributed by atoms with Crippen LogP contribution in [-0.2, 0) is 15.3 Å². The lowest BCUT2D eigenvalue weighted by Crippen LogP contribution is -2.49. The molecule has 0 aromatic heterocycles. The number of hydrogen-bond acceptors (Lipinski definition) is 5. The molecular weight excluding hydrogens is 342 g/mol. The van der Waals surface area contributed by atoms with Crippen LogP contribution < -0.4 is 15.5 Å². The zero-order chi connectivity index (χ0) is 18.1. The molecule has 0 saturated carbocycles. The van der Waals surface area contributed by atoms with Gasteiger partial charge in [0.05, 0.1) is 0 Å². The molecule has 7 heteroatoms. The summed E-state index contributed by atoms with van der Waals surface area (Å²) >= 11 is 5.75. The number of amides is 2. The highest BCUT2D eigenvalue weighted by Crippen LogP contribution is 2.17. The smallest absolute Gasteiger partial charge is 0.243 e. The molecule has 2 atom stereocenters. The van der Waals surface area contributed by atoms with Crippen LogP contribution in [0.4, 0.5) is 5.69 Å². The topological polar surface area (TPSA) is 61.4 Å². The zero-order valence-electron chi connectivity index (χ0n) is 14.7. The quantitative estimate of drug-likeness (QED) is 0.581. The van der Waals surface area contributed by atoms with Gasteiger partial charge in [0.2, 0.25) is 11.8 Å². The van der Waals surface area contributed by atoms with Crippen LogP contribution in [0.2, 0.25) is 0 Å². The number of rotatable bonds is 9. The van der Waals surface area contributed by atoms with E-state index in [1.165, 1.54) is 5.56 Å². The van der Waals surface area contributed by atoms with Crippen LogP contribution in [0.25, 0.3) is 0 Å².